The molecule has 0 unspecified atom stereocenters. The van der Waals surface area contributed by atoms with Gasteiger partial charge in [0.25, 0.3) is 5.69 Å². The number of nitro benzene ring substituents is 1. The van der Waals surface area contributed by atoms with E-state index in [2.05, 4.69) is 5.32 Å². The van der Waals surface area contributed by atoms with Crippen LogP contribution in [0.4, 0.5) is 11.4 Å². The van der Waals surface area contributed by atoms with E-state index in [1.807, 2.05) is 0 Å². The summed E-state index contributed by atoms with van der Waals surface area (Å²) in [4.78, 5) is 22.3. The Bertz CT molecular complexity index is 583. The molecule has 1 aromatic carbocycles. The number of aryl methyl sites for hydroxylation is 1. The van der Waals surface area contributed by atoms with Crippen LogP contribution < -0.4 is 11.1 Å². The Hall–Kier alpha value is -1.66. The minimum absolute atomic E-state index is 0.00391. The molecule has 0 spiro atoms. The standard InChI is InChI=1S/C14H18ClN3O3/c1-9-6-12(18(20)21)10(15)7-11(9)17-13(19)8-14(16)4-2-3-5-14/h6-7H,2-5,8,16H2,1H3,(H,17,19). The predicted octanol–water partition coefficient (Wildman–Crippen LogP) is 3.16. The average Bonchev–Trinajstić information content (AvgIpc) is 2.79. The number of nitro groups is 1. The number of hydrogen-bond acceptors (Lipinski definition) is 4. The Labute approximate surface area is 127 Å². The predicted molar refractivity (Wildman–Crippen MR) is 81.5 cm³/mol. The van der Waals surface area contributed by atoms with E-state index >= 15 is 0 Å². The zero-order chi connectivity index (χ0) is 15.6. The summed E-state index contributed by atoms with van der Waals surface area (Å²) in [6.07, 6.45) is 4.04. The van der Waals surface area contributed by atoms with Gasteiger partial charge >= 0.3 is 0 Å². The van der Waals surface area contributed by atoms with Gasteiger partial charge in [0.1, 0.15) is 5.02 Å². The molecule has 0 aromatic heterocycles. The summed E-state index contributed by atoms with van der Waals surface area (Å²) >= 11 is 5.86. The minimum Gasteiger partial charge on any atom is -0.326 e. The first kappa shape index (κ1) is 15.7. The number of carbonyl (C=O) groups excluding carboxylic acids is 1. The van der Waals surface area contributed by atoms with Crippen LogP contribution in [0.5, 0.6) is 0 Å². The van der Waals surface area contributed by atoms with Gasteiger partial charge in [0.05, 0.1) is 4.92 Å². The molecular weight excluding hydrogens is 294 g/mol. The lowest BCUT2D eigenvalue weighted by atomic mass is 9.94. The van der Waals surface area contributed by atoms with Gasteiger partial charge in [-0.05, 0) is 31.4 Å². The maximum Gasteiger partial charge on any atom is 0.288 e. The number of hydrogen-bond donors (Lipinski definition) is 2. The van der Waals surface area contributed by atoms with Gasteiger partial charge in [-0.15, -0.1) is 0 Å². The van der Waals surface area contributed by atoms with Gasteiger partial charge in [0.2, 0.25) is 5.91 Å². The number of nitrogens with two attached hydrogens (primary N) is 1. The van der Waals surface area contributed by atoms with Gasteiger partial charge in [-0.1, -0.05) is 24.4 Å². The smallest absolute Gasteiger partial charge is 0.288 e. The monoisotopic (exact) mass is 311 g/mol. The van der Waals surface area contributed by atoms with Crippen molar-refractivity contribution in [3.05, 3.63) is 32.8 Å². The number of anilines is 1. The molecule has 1 amide bonds. The van der Waals surface area contributed by atoms with Crippen LogP contribution in [0.3, 0.4) is 0 Å². The van der Waals surface area contributed by atoms with Gasteiger partial charge in [0, 0.05) is 23.7 Å². The third-order valence-electron chi connectivity index (χ3n) is 3.88. The number of amides is 1. The number of nitrogens with one attached hydrogen (secondary N) is 1. The van der Waals surface area contributed by atoms with Crippen molar-refractivity contribution in [1.82, 2.24) is 0 Å². The van der Waals surface area contributed by atoms with E-state index in [1.165, 1.54) is 12.1 Å². The Morgan fingerprint density at radius 1 is 1.48 bits per heavy atom. The molecule has 21 heavy (non-hydrogen) atoms. The topological polar surface area (TPSA) is 98.3 Å². The fraction of sp³-hybridized carbons (Fsp3) is 0.500. The number of nitrogens with zero attached hydrogens (tertiary/aromatic N) is 1. The molecule has 0 heterocycles. The van der Waals surface area contributed by atoms with E-state index in [1.54, 1.807) is 6.92 Å². The van der Waals surface area contributed by atoms with Crippen molar-refractivity contribution in [2.75, 3.05) is 5.32 Å². The lowest BCUT2D eigenvalue weighted by molar-refractivity contribution is -0.384. The molecule has 3 N–H and O–H groups in total. The van der Waals surface area contributed by atoms with E-state index in [0.29, 0.717) is 11.3 Å². The van der Waals surface area contributed by atoms with E-state index < -0.39 is 10.5 Å². The second-order valence-electron chi connectivity index (χ2n) is 5.67. The molecule has 7 heteroatoms. The Morgan fingerprint density at radius 3 is 2.67 bits per heavy atom. The molecule has 1 saturated carbocycles. The lowest BCUT2D eigenvalue weighted by Gasteiger charge is -2.22. The molecule has 2 rings (SSSR count). The summed E-state index contributed by atoms with van der Waals surface area (Å²) < 4.78 is 0. The van der Waals surface area contributed by atoms with Gasteiger partial charge in [-0.2, -0.15) is 0 Å². The van der Waals surface area contributed by atoms with Crippen molar-refractivity contribution in [3.8, 4) is 0 Å². The molecule has 0 bridgehead atoms. The van der Waals surface area contributed by atoms with Gasteiger partial charge in [-0.3, -0.25) is 14.9 Å². The molecule has 0 atom stereocenters. The van der Waals surface area contributed by atoms with Crippen LogP contribution in [0.2, 0.25) is 5.02 Å². The maximum atomic E-state index is 12.1. The summed E-state index contributed by atoms with van der Waals surface area (Å²) in [6.45, 7) is 1.69. The van der Waals surface area contributed by atoms with Crippen LogP contribution in [-0.2, 0) is 4.79 Å². The molecule has 0 radical (unpaired) electrons. The Balaban J connectivity index is 2.10. The quantitative estimate of drug-likeness (QED) is 0.659. The normalized spacial score (nSPS) is 16.7. The number of halogens is 1. The fourth-order valence-corrected chi connectivity index (χ4v) is 2.94. The molecule has 6 nitrogen and oxygen atoms in total. The van der Waals surface area contributed by atoms with Crippen molar-refractivity contribution >= 4 is 28.9 Å². The average molecular weight is 312 g/mol. The molecule has 0 aliphatic heterocycles. The highest BCUT2D eigenvalue weighted by atomic mass is 35.5. The van der Waals surface area contributed by atoms with Crippen molar-refractivity contribution in [3.63, 3.8) is 0 Å². The van der Waals surface area contributed by atoms with E-state index in [9.17, 15) is 14.9 Å². The fourth-order valence-electron chi connectivity index (χ4n) is 2.71. The van der Waals surface area contributed by atoms with Crippen LogP contribution in [0, 0.1) is 17.0 Å². The number of benzene rings is 1. The Morgan fingerprint density at radius 2 is 2.10 bits per heavy atom. The molecule has 1 aliphatic carbocycles. The van der Waals surface area contributed by atoms with Crippen LogP contribution in [0.1, 0.15) is 37.7 Å². The van der Waals surface area contributed by atoms with Gasteiger partial charge in [0.15, 0.2) is 0 Å². The zero-order valence-corrected chi connectivity index (χ0v) is 12.6. The van der Waals surface area contributed by atoms with Crippen LogP contribution in [0.15, 0.2) is 12.1 Å². The zero-order valence-electron chi connectivity index (χ0n) is 11.8. The molecule has 1 fully saturated rings. The highest BCUT2D eigenvalue weighted by Gasteiger charge is 2.31. The molecule has 0 saturated heterocycles. The highest BCUT2D eigenvalue weighted by molar-refractivity contribution is 6.33. The highest BCUT2D eigenvalue weighted by Crippen LogP contribution is 2.32. The maximum absolute atomic E-state index is 12.1. The summed E-state index contributed by atoms with van der Waals surface area (Å²) in [5.41, 5.74) is 6.65. The van der Waals surface area contributed by atoms with Crippen molar-refractivity contribution in [2.24, 2.45) is 5.73 Å². The summed E-state index contributed by atoms with van der Waals surface area (Å²) in [7, 11) is 0. The lowest BCUT2D eigenvalue weighted by Crippen LogP contribution is -2.40. The summed E-state index contributed by atoms with van der Waals surface area (Å²) in [6, 6.07) is 2.76. The SMILES string of the molecule is Cc1cc([N+](=O)[O-])c(Cl)cc1NC(=O)CC1(N)CCCC1. The largest absolute Gasteiger partial charge is 0.326 e. The van der Waals surface area contributed by atoms with Crippen molar-refractivity contribution < 1.29 is 9.72 Å². The van der Waals surface area contributed by atoms with E-state index in [4.69, 9.17) is 17.3 Å². The minimum atomic E-state index is -0.547. The first-order chi connectivity index (χ1) is 9.81. The van der Waals surface area contributed by atoms with Crippen LogP contribution in [-0.4, -0.2) is 16.4 Å². The van der Waals surface area contributed by atoms with Gasteiger partial charge < -0.3 is 11.1 Å². The van der Waals surface area contributed by atoms with Gasteiger partial charge in [-0.25, -0.2) is 0 Å². The second kappa shape index (κ2) is 5.99. The first-order valence-corrected chi connectivity index (χ1v) is 7.22. The van der Waals surface area contributed by atoms with Crippen LogP contribution >= 0.6 is 11.6 Å². The van der Waals surface area contributed by atoms with E-state index in [0.717, 1.165) is 25.7 Å². The van der Waals surface area contributed by atoms with Crippen molar-refractivity contribution in [2.45, 2.75) is 44.6 Å². The van der Waals surface area contributed by atoms with E-state index in [-0.39, 0.29) is 23.0 Å². The third-order valence-corrected chi connectivity index (χ3v) is 4.18. The molecule has 1 aromatic rings. The third kappa shape index (κ3) is 3.71. The number of carbonyl (C=O) groups is 1. The van der Waals surface area contributed by atoms with Crippen LogP contribution in [0.25, 0.3) is 0 Å². The molecule has 1 aliphatic rings. The van der Waals surface area contributed by atoms with Crippen molar-refractivity contribution in [1.29, 1.82) is 0 Å². The molecule has 114 valence electrons. The molecular formula is C14H18ClN3O3. The first-order valence-electron chi connectivity index (χ1n) is 6.84. The number of rotatable bonds is 4. The summed E-state index contributed by atoms with van der Waals surface area (Å²) in [5, 5.41) is 13.5. The second-order valence-corrected chi connectivity index (χ2v) is 6.08. The Kier molecular flexibility index (Phi) is 4.49. The summed E-state index contributed by atoms with van der Waals surface area (Å²) in [5.74, 6) is -0.188.